The molecule has 0 aromatic heterocycles. The first-order valence-corrected chi connectivity index (χ1v) is 7.33. The van der Waals surface area contributed by atoms with Crippen LogP contribution in [0, 0.1) is 5.82 Å². The Morgan fingerprint density at radius 3 is 2.64 bits per heavy atom. The van der Waals surface area contributed by atoms with Crippen molar-refractivity contribution in [2.75, 3.05) is 7.05 Å². The van der Waals surface area contributed by atoms with E-state index in [1.165, 1.54) is 25.2 Å². The third-order valence-corrected chi connectivity index (χ3v) is 3.73. The van der Waals surface area contributed by atoms with Gasteiger partial charge in [-0.05, 0) is 23.8 Å². The highest BCUT2D eigenvalue weighted by molar-refractivity contribution is 5.76. The second kappa shape index (κ2) is 6.27. The minimum atomic E-state index is -4.60. The van der Waals surface area contributed by atoms with E-state index in [0.29, 0.717) is 5.56 Å². The number of rotatable bonds is 2. The Morgan fingerprint density at radius 1 is 1.24 bits per heavy atom. The zero-order valence-electron chi connectivity index (χ0n) is 13.0. The maximum atomic E-state index is 13.9. The first-order valence-electron chi connectivity index (χ1n) is 7.33. The van der Waals surface area contributed by atoms with Gasteiger partial charge in [0.2, 0.25) is 6.29 Å². The molecule has 1 N–H and O–H groups in total. The molecule has 2 aromatic carbocycles. The molecule has 1 heterocycles. The van der Waals surface area contributed by atoms with E-state index in [2.05, 4.69) is 5.32 Å². The van der Waals surface area contributed by atoms with Crippen LogP contribution in [0.2, 0.25) is 0 Å². The lowest BCUT2D eigenvalue weighted by molar-refractivity contribution is -0.137. The molecule has 1 atom stereocenters. The highest BCUT2D eigenvalue weighted by Crippen LogP contribution is 2.44. The fourth-order valence-corrected chi connectivity index (χ4v) is 2.70. The Bertz CT molecular complexity index is 820. The number of carbonyl (C=O) groups is 1. The third-order valence-electron chi connectivity index (χ3n) is 3.73. The number of amides is 1. The molecule has 4 nitrogen and oxygen atoms in total. The Hall–Kier alpha value is -2.77. The van der Waals surface area contributed by atoms with Crippen LogP contribution in [0.25, 0.3) is 11.1 Å². The Kier molecular flexibility index (Phi) is 4.28. The fraction of sp³-hybridized carbons (Fsp3) is 0.235. The molecule has 1 aliphatic heterocycles. The minimum Gasteiger partial charge on any atom is -0.453 e. The van der Waals surface area contributed by atoms with Crippen molar-refractivity contribution >= 4 is 6.09 Å². The van der Waals surface area contributed by atoms with Gasteiger partial charge in [0.1, 0.15) is 11.6 Å². The second-order valence-electron chi connectivity index (χ2n) is 5.39. The van der Waals surface area contributed by atoms with Crippen LogP contribution in [-0.2, 0) is 17.3 Å². The smallest absolute Gasteiger partial charge is 0.417 e. The summed E-state index contributed by atoms with van der Waals surface area (Å²) in [4.78, 5) is 11.3. The normalized spacial score (nSPS) is 16.1. The van der Waals surface area contributed by atoms with E-state index in [-0.39, 0.29) is 23.3 Å². The highest BCUT2D eigenvalue weighted by atomic mass is 19.4. The van der Waals surface area contributed by atoms with Crippen LogP contribution in [0.3, 0.4) is 0 Å². The number of hydrogen-bond donors (Lipinski definition) is 1. The van der Waals surface area contributed by atoms with Crippen molar-refractivity contribution in [2.45, 2.75) is 18.9 Å². The number of ether oxygens (including phenoxy) is 2. The lowest BCUT2D eigenvalue weighted by atomic mass is 9.96. The van der Waals surface area contributed by atoms with Gasteiger partial charge in [0, 0.05) is 18.2 Å². The molecule has 0 bridgehead atoms. The van der Waals surface area contributed by atoms with Crippen LogP contribution in [0.4, 0.5) is 22.4 Å². The van der Waals surface area contributed by atoms with Gasteiger partial charge in [0.15, 0.2) is 0 Å². The molecular formula is C17H13F4NO3. The molecule has 0 saturated carbocycles. The maximum absolute atomic E-state index is 13.9. The van der Waals surface area contributed by atoms with Gasteiger partial charge in [0.05, 0.1) is 12.0 Å². The van der Waals surface area contributed by atoms with Crippen LogP contribution >= 0.6 is 0 Å². The standard InChI is InChI=1S/C17H13F4NO3/c1-22-16(23)25-14-7-9-6-10(18)8-12(15(9)24-14)11-4-2-3-5-13(11)17(19,20)21/h2-6,8,14H,7H2,1H3,(H,22,23). The third kappa shape index (κ3) is 3.38. The van der Waals surface area contributed by atoms with Crippen LogP contribution in [-0.4, -0.2) is 19.4 Å². The number of hydrogen-bond acceptors (Lipinski definition) is 3. The molecule has 0 fully saturated rings. The van der Waals surface area contributed by atoms with E-state index in [4.69, 9.17) is 9.47 Å². The van der Waals surface area contributed by atoms with E-state index in [0.717, 1.165) is 18.2 Å². The number of fused-ring (bicyclic) bond motifs is 1. The van der Waals surface area contributed by atoms with Crippen LogP contribution in [0.15, 0.2) is 36.4 Å². The molecule has 0 radical (unpaired) electrons. The van der Waals surface area contributed by atoms with Gasteiger partial charge < -0.3 is 14.8 Å². The highest BCUT2D eigenvalue weighted by Gasteiger charge is 2.36. The molecule has 1 amide bonds. The Labute approximate surface area is 140 Å². The number of halogens is 4. The topological polar surface area (TPSA) is 47.6 Å². The number of carbonyl (C=O) groups excluding carboxylic acids is 1. The molecule has 1 aliphatic rings. The van der Waals surface area contributed by atoms with Gasteiger partial charge in [0.25, 0.3) is 0 Å². The quantitative estimate of drug-likeness (QED) is 0.824. The van der Waals surface area contributed by atoms with Gasteiger partial charge in [-0.1, -0.05) is 18.2 Å². The number of alkyl halides is 3. The predicted octanol–water partition coefficient (Wildman–Crippen LogP) is 4.13. The molecule has 0 spiro atoms. The number of alkyl carbamates (subject to hydrolysis) is 1. The summed E-state index contributed by atoms with van der Waals surface area (Å²) in [5.74, 6) is -0.623. The van der Waals surface area contributed by atoms with Crippen molar-refractivity contribution in [3.63, 3.8) is 0 Å². The van der Waals surface area contributed by atoms with E-state index in [1.807, 2.05) is 0 Å². The first kappa shape index (κ1) is 17.1. The molecule has 1 unspecified atom stereocenters. The van der Waals surface area contributed by atoms with Gasteiger partial charge in [-0.15, -0.1) is 0 Å². The number of benzene rings is 2. The zero-order chi connectivity index (χ0) is 18.2. The average molecular weight is 355 g/mol. The van der Waals surface area contributed by atoms with Crippen LogP contribution in [0.5, 0.6) is 5.75 Å². The van der Waals surface area contributed by atoms with Crippen molar-refractivity contribution in [3.8, 4) is 16.9 Å². The van der Waals surface area contributed by atoms with Crippen LogP contribution < -0.4 is 10.1 Å². The predicted molar refractivity (Wildman–Crippen MR) is 80.5 cm³/mol. The second-order valence-corrected chi connectivity index (χ2v) is 5.39. The molecular weight excluding hydrogens is 342 g/mol. The molecule has 3 rings (SSSR count). The minimum absolute atomic E-state index is 0.0362. The monoisotopic (exact) mass is 355 g/mol. The SMILES string of the molecule is CNC(=O)OC1Cc2cc(F)cc(-c3ccccc3C(F)(F)F)c2O1. The van der Waals surface area contributed by atoms with E-state index < -0.39 is 29.9 Å². The van der Waals surface area contributed by atoms with Crippen molar-refractivity contribution in [1.82, 2.24) is 5.32 Å². The fourth-order valence-electron chi connectivity index (χ4n) is 2.70. The molecule has 25 heavy (non-hydrogen) atoms. The summed E-state index contributed by atoms with van der Waals surface area (Å²) < 4.78 is 64.2. The summed E-state index contributed by atoms with van der Waals surface area (Å²) in [7, 11) is 1.36. The van der Waals surface area contributed by atoms with E-state index in [1.54, 1.807) is 0 Å². The summed E-state index contributed by atoms with van der Waals surface area (Å²) in [5, 5.41) is 2.24. The van der Waals surface area contributed by atoms with Gasteiger partial charge in [-0.25, -0.2) is 9.18 Å². The summed E-state index contributed by atoms with van der Waals surface area (Å²) in [6.45, 7) is 0. The summed E-state index contributed by atoms with van der Waals surface area (Å²) in [6, 6.07) is 6.97. The maximum Gasteiger partial charge on any atom is 0.417 e. The van der Waals surface area contributed by atoms with Crippen molar-refractivity contribution < 1.29 is 31.8 Å². The zero-order valence-corrected chi connectivity index (χ0v) is 13.0. The van der Waals surface area contributed by atoms with Crippen molar-refractivity contribution in [3.05, 3.63) is 53.3 Å². The van der Waals surface area contributed by atoms with Gasteiger partial charge in [-0.2, -0.15) is 13.2 Å². The molecule has 8 heteroatoms. The van der Waals surface area contributed by atoms with E-state index >= 15 is 0 Å². The molecule has 0 saturated heterocycles. The van der Waals surface area contributed by atoms with Gasteiger partial charge >= 0.3 is 12.3 Å². The first-order chi connectivity index (χ1) is 11.8. The lowest BCUT2D eigenvalue weighted by Gasteiger charge is -2.16. The van der Waals surface area contributed by atoms with Crippen molar-refractivity contribution in [2.24, 2.45) is 0 Å². The summed E-state index contributed by atoms with van der Waals surface area (Å²) >= 11 is 0. The number of nitrogens with one attached hydrogen (secondary N) is 1. The Balaban J connectivity index is 2.06. The molecule has 132 valence electrons. The van der Waals surface area contributed by atoms with E-state index in [9.17, 15) is 22.4 Å². The lowest BCUT2D eigenvalue weighted by Crippen LogP contribution is -2.28. The van der Waals surface area contributed by atoms with Crippen molar-refractivity contribution in [1.29, 1.82) is 0 Å². The Morgan fingerprint density at radius 2 is 1.96 bits per heavy atom. The summed E-state index contributed by atoms with van der Waals surface area (Å²) in [6.07, 6.45) is -6.35. The molecule has 0 aliphatic carbocycles. The largest absolute Gasteiger partial charge is 0.453 e. The molecule has 2 aromatic rings. The average Bonchev–Trinajstić information content (AvgIpc) is 2.95. The van der Waals surface area contributed by atoms with Crippen LogP contribution in [0.1, 0.15) is 11.1 Å². The summed E-state index contributed by atoms with van der Waals surface area (Å²) in [5.41, 5.74) is -0.805. The van der Waals surface area contributed by atoms with Gasteiger partial charge in [-0.3, -0.25) is 0 Å².